The lowest BCUT2D eigenvalue weighted by molar-refractivity contribution is 0.0392. The molecule has 1 unspecified atom stereocenters. The first-order chi connectivity index (χ1) is 12.6. The molecule has 0 amide bonds. The summed E-state index contributed by atoms with van der Waals surface area (Å²) in [6.07, 6.45) is 6.02. The second-order valence-electron chi connectivity index (χ2n) is 6.29. The molecule has 26 heavy (non-hydrogen) atoms. The van der Waals surface area contributed by atoms with Gasteiger partial charge in [-0.25, -0.2) is 14.6 Å². The molecule has 1 aromatic rings. The number of ether oxygens (including phenoxy) is 3. The minimum absolute atomic E-state index is 0.117. The highest BCUT2D eigenvalue weighted by molar-refractivity contribution is 5.91. The van der Waals surface area contributed by atoms with Gasteiger partial charge in [0.05, 0.1) is 13.2 Å². The van der Waals surface area contributed by atoms with Crippen LogP contribution in [0.2, 0.25) is 0 Å². The molecule has 0 radical (unpaired) electrons. The van der Waals surface area contributed by atoms with Gasteiger partial charge in [0.1, 0.15) is 11.4 Å². The number of carbonyl (C=O) groups excluding carboxylic acids is 2. The van der Waals surface area contributed by atoms with Crippen LogP contribution in [0, 0.1) is 5.92 Å². The van der Waals surface area contributed by atoms with E-state index in [1.165, 1.54) is 12.5 Å². The molecule has 6 heteroatoms. The number of pyridine rings is 1. The van der Waals surface area contributed by atoms with Gasteiger partial charge in [-0.3, -0.25) is 0 Å². The van der Waals surface area contributed by atoms with E-state index in [-0.39, 0.29) is 17.3 Å². The fraction of sp³-hybridized carbons (Fsp3) is 0.650. The van der Waals surface area contributed by atoms with Crippen LogP contribution >= 0.6 is 0 Å². The maximum Gasteiger partial charge on any atom is 0.356 e. The van der Waals surface area contributed by atoms with E-state index in [0.29, 0.717) is 19.8 Å². The van der Waals surface area contributed by atoms with Gasteiger partial charge in [0.2, 0.25) is 0 Å². The Hall–Kier alpha value is -1.95. The first kappa shape index (κ1) is 22.1. The largest absolute Gasteiger partial charge is 0.461 e. The Labute approximate surface area is 156 Å². The van der Waals surface area contributed by atoms with Crippen molar-refractivity contribution in [2.75, 3.05) is 26.9 Å². The van der Waals surface area contributed by atoms with Crippen molar-refractivity contribution in [1.29, 1.82) is 0 Å². The molecule has 0 aromatic carbocycles. The molecule has 1 rings (SSSR count). The molecule has 1 heterocycles. The number of rotatable bonds is 13. The fourth-order valence-corrected chi connectivity index (χ4v) is 2.48. The Kier molecular flexibility index (Phi) is 11.3. The first-order valence-corrected chi connectivity index (χ1v) is 9.42. The molecule has 1 atom stereocenters. The Bertz CT molecular complexity index is 547. The van der Waals surface area contributed by atoms with Crippen LogP contribution in [0.25, 0.3) is 0 Å². The van der Waals surface area contributed by atoms with Gasteiger partial charge in [-0.15, -0.1) is 0 Å². The van der Waals surface area contributed by atoms with E-state index in [1.807, 2.05) is 6.92 Å². The van der Waals surface area contributed by atoms with E-state index >= 15 is 0 Å². The fourth-order valence-electron chi connectivity index (χ4n) is 2.48. The highest BCUT2D eigenvalue weighted by Crippen LogP contribution is 2.15. The number of hydrogen-bond acceptors (Lipinski definition) is 6. The summed E-state index contributed by atoms with van der Waals surface area (Å²) >= 11 is 0. The third-order valence-corrected chi connectivity index (χ3v) is 4.00. The smallest absolute Gasteiger partial charge is 0.356 e. The van der Waals surface area contributed by atoms with Crippen molar-refractivity contribution in [3.8, 4) is 0 Å². The van der Waals surface area contributed by atoms with Crippen molar-refractivity contribution in [2.24, 2.45) is 5.92 Å². The molecule has 0 fully saturated rings. The average molecular weight is 365 g/mol. The van der Waals surface area contributed by atoms with Crippen molar-refractivity contribution >= 4 is 11.9 Å². The summed E-state index contributed by atoms with van der Waals surface area (Å²) in [6, 6.07) is 4.68. The van der Waals surface area contributed by atoms with Crippen LogP contribution in [0.4, 0.5) is 0 Å². The van der Waals surface area contributed by atoms with E-state index in [1.54, 1.807) is 19.2 Å². The summed E-state index contributed by atoms with van der Waals surface area (Å²) in [5.41, 5.74) is 0.238. The quantitative estimate of drug-likeness (QED) is 0.388. The summed E-state index contributed by atoms with van der Waals surface area (Å²) in [7, 11) is 1.67. The zero-order valence-corrected chi connectivity index (χ0v) is 16.2. The summed E-state index contributed by atoms with van der Waals surface area (Å²) in [6.45, 7) is 5.38. The van der Waals surface area contributed by atoms with Gasteiger partial charge >= 0.3 is 11.9 Å². The molecule has 0 saturated carbocycles. The predicted octanol–water partition coefficient (Wildman–Crippen LogP) is 4.04. The van der Waals surface area contributed by atoms with Crippen LogP contribution in [0.1, 0.15) is 73.3 Å². The third kappa shape index (κ3) is 8.43. The molecule has 6 nitrogen and oxygen atoms in total. The molecule has 0 bridgehead atoms. The number of esters is 2. The van der Waals surface area contributed by atoms with Crippen molar-refractivity contribution in [2.45, 2.75) is 52.4 Å². The molecule has 1 aromatic heterocycles. The zero-order chi connectivity index (χ0) is 19.2. The van der Waals surface area contributed by atoms with Gasteiger partial charge in [-0.1, -0.05) is 39.2 Å². The lowest BCUT2D eigenvalue weighted by Crippen LogP contribution is -2.18. The second-order valence-corrected chi connectivity index (χ2v) is 6.29. The summed E-state index contributed by atoms with van der Waals surface area (Å²) in [4.78, 5) is 28.2. The number of hydrogen-bond donors (Lipinski definition) is 0. The lowest BCUT2D eigenvalue weighted by Gasteiger charge is -2.16. The van der Waals surface area contributed by atoms with Gasteiger partial charge in [0, 0.05) is 13.7 Å². The first-order valence-electron chi connectivity index (χ1n) is 9.42. The van der Waals surface area contributed by atoms with Crippen molar-refractivity contribution in [1.82, 2.24) is 4.98 Å². The van der Waals surface area contributed by atoms with E-state index in [9.17, 15) is 9.59 Å². The third-order valence-electron chi connectivity index (χ3n) is 4.00. The number of carbonyl (C=O) groups is 2. The van der Waals surface area contributed by atoms with Gasteiger partial charge < -0.3 is 14.2 Å². The van der Waals surface area contributed by atoms with Crippen LogP contribution in [0.15, 0.2) is 18.2 Å². The molecular formula is C20H31NO5. The van der Waals surface area contributed by atoms with Gasteiger partial charge in [-0.2, -0.15) is 0 Å². The van der Waals surface area contributed by atoms with Gasteiger partial charge in [0.15, 0.2) is 0 Å². The maximum absolute atomic E-state index is 12.3. The van der Waals surface area contributed by atoms with Gasteiger partial charge in [0.25, 0.3) is 0 Å². The summed E-state index contributed by atoms with van der Waals surface area (Å²) < 4.78 is 15.6. The molecular weight excluding hydrogens is 334 g/mol. The van der Waals surface area contributed by atoms with Crippen LogP contribution in [0.5, 0.6) is 0 Å². The Morgan fingerprint density at radius 3 is 2.27 bits per heavy atom. The number of methoxy groups -OCH3 is 1. The van der Waals surface area contributed by atoms with E-state index in [2.05, 4.69) is 11.9 Å². The van der Waals surface area contributed by atoms with Crippen molar-refractivity contribution in [3.05, 3.63) is 29.6 Å². The van der Waals surface area contributed by atoms with Crippen LogP contribution in [0.3, 0.4) is 0 Å². The average Bonchev–Trinajstić information content (AvgIpc) is 2.67. The van der Waals surface area contributed by atoms with Gasteiger partial charge in [-0.05, 0) is 37.3 Å². The molecule has 0 spiro atoms. The van der Waals surface area contributed by atoms with Crippen molar-refractivity contribution in [3.63, 3.8) is 0 Å². The molecule has 0 aliphatic carbocycles. The Morgan fingerprint density at radius 2 is 1.65 bits per heavy atom. The van der Waals surface area contributed by atoms with E-state index in [4.69, 9.17) is 14.2 Å². The number of nitrogens with zero attached hydrogens (tertiary/aromatic N) is 1. The van der Waals surface area contributed by atoms with E-state index < -0.39 is 11.9 Å². The minimum atomic E-state index is -0.529. The van der Waals surface area contributed by atoms with Crippen LogP contribution in [-0.2, 0) is 14.2 Å². The standard InChI is InChI=1S/C20H31NO5/c1-4-6-7-9-16(12-14-24-3)15-26-20(23)18-11-8-10-17(21-18)19(22)25-13-5-2/h8,10-11,16H,4-7,9,12-15H2,1-3H3. The predicted molar refractivity (Wildman–Crippen MR) is 99.2 cm³/mol. The topological polar surface area (TPSA) is 74.7 Å². The highest BCUT2D eigenvalue weighted by atomic mass is 16.5. The molecule has 0 saturated heterocycles. The highest BCUT2D eigenvalue weighted by Gasteiger charge is 2.17. The SMILES string of the molecule is CCCCCC(CCOC)COC(=O)c1cccc(C(=O)OCCC)n1. The minimum Gasteiger partial charge on any atom is -0.461 e. The van der Waals surface area contributed by atoms with E-state index in [0.717, 1.165) is 32.1 Å². The monoisotopic (exact) mass is 365 g/mol. The lowest BCUT2D eigenvalue weighted by atomic mass is 9.99. The molecule has 0 N–H and O–H groups in total. The van der Waals surface area contributed by atoms with Crippen molar-refractivity contribution < 1.29 is 23.8 Å². The number of aromatic nitrogens is 1. The number of unbranched alkanes of at least 4 members (excludes halogenated alkanes) is 2. The van der Waals surface area contributed by atoms with Crippen LogP contribution < -0.4 is 0 Å². The van der Waals surface area contributed by atoms with Crippen LogP contribution in [-0.4, -0.2) is 43.9 Å². The second kappa shape index (κ2) is 13.3. The molecule has 146 valence electrons. The zero-order valence-electron chi connectivity index (χ0n) is 16.2. The Balaban J connectivity index is 2.60. The normalized spacial score (nSPS) is 11.8. The Morgan fingerprint density at radius 1 is 0.962 bits per heavy atom. The summed E-state index contributed by atoms with van der Waals surface area (Å²) in [5.74, 6) is -0.782. The maximum atomic E-state index is 12.3. The molecule has 0 aliphatic rings. The molecule has 0 aliphatic heterocycles. The summed E-state index contributed by atoms with van der Waals surface area (Å²) in [5, 5.41) is 0.